The standard InChI is InChI=1S/C16H25NO/c1-12-6-5-7-13(2)16(12)11-14(17)10-15-8-3-4-9-18-15/h5-7,14-15H,3-4,8-11,17H2,1-2H3. The average molecular weight is 247 g/mol. The van der Waals surface area contributed by atoms with E-state index in [1.54, 1.807) is 0 Å². The number of nitrogens with two attached hydrogens (primary N) is 1. The zero-order valence-corrected chi connectivity index (χ0v) is 11.6. The summed E-state index contributed by atoms with van der Waals surface area (Å²) in [5, 5.41) is 0. The molecule has 0 aromatic heterocycles. The van der Waals surface area contributed by atoms with Gasteiger partial charge in [-0.2, -0.15) is 0 Å². The van der Waals surface area contributed by atoms with Crippen LogP contribution in [0.1, 0.15) is 42.4 Å². The molecule has 18 heavy (non-hydrogen) atoms. The third kappa shape index (κ3) is 3.56. The molecule has 100 valence electrons. The smallest absolute Gasteiger partial charge is 0.0590 e. The van der Waals surface area contributed by atoms with Crippen molar-refractivity contribution in [3.8, 4) is 0 Å². The molecule has 2 rings (SSSR count). The molecule has 0 spiro atoms. The minimum atomic E-state index is 0.216. The number of hydrogen-bond donors (Lipinski definition) is 1. The van der Waals surface area contributed by atoms with Crippen LogP contribution in [0, 0.1) is 13.8 Å². The van der Waals surface area contributed by atoms with Crippen LogP contribution in [0.25, 0.3) is 0 Å². The van der Waals surface area contributed by atoms with E-state index in [-0.39, 0.29) is 6.04 Å². The van der Waals surface area contributed by atoms with Gasteiger partial charge in [0.2, 0.25) is 0 Å². The molecule has 1 aromatic carbocycles. The molecule has 1 saturated heterocycles. The normalized spacial score (nSPS) is 21.8. The van der Waals surface area contributed by atoms with Crippen molar-refractivity contribution in [1.82, 2.24) is 0 Å². The van der Waals surface area contributed by atoms with Crippen LogP contribution in [-0.2, 0) is 11.2 Å². The van der Waals surface area contributed by atoms with Crippen LogP contribution in [0.15, 0.2) is 18.2 Å². The highest BCUT2D eigenvalue weighted by molar-refractivity contribution is 5.34. The quantitative estimate of drug-likeness (QED) is 0.887. The fourth-order valence-corrected chi connectivity index (χ4v) is 2.85. The predicted octanol–water partition coefficient (Wildman–Crippen LogP) is 3.13. The van der Waals surface area contributed by atoms with Crippen molar-refractivity contribution in [3.63, 3.8) is 0 Å². The van der Waals surface area contributed by atoms with Gasteiger partial charge in [0, 0.05) is 12.6 Å². The summed E-state index contributed by atoms with van der Waals surface area (Å²) in [5.74, 6) is 0. The van der Waals surface area contributed by atoms with Gasteiger partial charge in [0.15, 0.2) is 0 Å². The molecule has 2 N–H and O–H groups in total. The highest BCUT2D eigenvalue weighted by Crippen LogP contribution is 2.20. The van der Waals surface area contributed by atoms with Crippen molar-refractivity contribution in [2.75, 3.05) is 6.61 Å². The molecule has 1 aromatic rings. The Morgan fingerprint density at radius 1 is 1.28 bits per heavy atom. The summed E-state index contributed by atoms with van der Waals surface area (Å²) in [5.41, 5.74) is 10.4. The molecule has 1 fully saturated rings. The molecule has 2 unspecified atom stereocenters. The fourth-order valence-electron chi connectivity index (χ4n) is 2.85. The van der Waals surface area contributed by atoms with Crippen LogP contribution in [0.5, 0.6) is 0 Å². The Hall–Kier alpha value is -0.860. The van der Waals surface area contributed by atoms with E-state index in [9.17, 15) is 0 Å². The number of ether oxygens (including phenoxy) is 1. The van der Waals surface area contributed by atoms with Gasteiger partial charge >= 0.3 is 0 Å². The Balaban J connectivity index is 1.92. The molecule has 1 aliphatic rings. The third-order valence-electron chi connectivity index (χ3n) is 3.95. The topological polar surface area (TPSA) is 35.2 Å². The van der Waals surface area contributed by atoms with Gasteiger partial charge in [-0.15, -0.1) is 0 Å². The van der Waals surface area contributed by atoms with Gasteiger partial charge in [-0.25, -0.2) is 0 Å². The first-order chi connectivity index (χ1) is 8.66. The Morgan fingerprint density at radius 2 is 2.00 bits per heavy atom. The summed E-state index contributed by atoms with van der Waals surface area (Å²) in [6.45, 7) is 5.26. The monoisotopic (exact) mass is 247 g/mol. The molecule has 2 nitrogen and oxygen atoms in total. The largest absolute Gasteiger partial charge is 0.378 e. The van der Waals surface area contributed by atoms with Gasteiger partial charge < -0.3 is 10.5 Å². The molecular formula is C16H25NO. The van der Waals surface area contributed by atoms with Crippen LogP contribution in [0.2, 0.25) is 0 Å². The number of benzene rings is 1. The van der Waals surface area contributed by atoms with Gasteiger partial charge in [0.25, 0.3) is 0 Å². The van der Waals surface area contributed by atoms with Crippen LogP contribution in [0.3, 0.4) is 0 Å². The van der Waals surface area contributed by atoms with Gasteiger partial charge in [-0.1, -0.05) is 18.2 Å². The molecule has 0 saturated carbocycles. The van der Waals surface area contributed by atoms with Gasteiger partial charge in [0.05, 0.1) is 6.10 Å². The van der Waals surface area contributed by atoms with Crippen LogP contribution in [-0.4, -0.2) is 18.8 Å². The molecular weight excluding hydrogens is 222 g/mol. The van der Waals surface area contributed by atoms with Crippen LogP contribution >= 0.6 is 0 Å². The summed E-state index contributed by atoms with van der Waals surface area (Å²) in [6.07, 6.45) is 6.04. The van der Waals surface area contributed by atoms with Crippen molar-refractivity contribution >= 4 is 0 Å². The SMILES string of the molecule is Cc1cccc(C)c1CC(N)CC1CCCCO1. The number of aryl methyl sites for hydroxylation is 2. The lowest BCUT2D eigenvalue weighted by molar-refractivity contribution is 0.00745. The Bertz CT molecular complexity index is 362. The Morgan fingerprint density at radius 3 is 2.61 bits per heavy atom. The molecule has 0 amide bonds. The van der Waals surface area contributed by atoms with E-state index in [1.807, 2.05) is 0 Å². The molecule has 1 heterocycles. The lowest BCUT2D eigenvalue weighted by atomic mass is 9.93. The second-order valence-corrected chi connectivity index (χ2v) is 5.56. The first-order valence-corrected chi connectivity index (χ1v) is 7.09. The Kier molecular flexibility index (Phi) is 4.79. The zero-order valence-electron chi connectivity index (χ0n) is 11.6. The first kappa shape index (κ1) is 13.6. The van der Waals surface area contributed by atoms with E-state index in [0.717, 1.165) is 19.4 Å². The molecule has 1 aliphatic heterocycles. The van der Waals surface area contributed by atoms with E-state index < -0.39 is 0 Å². The Labute approximate surface area is 111 Å². The van der Waals surface area contributed by atoms with E-state index >= 15 is 0 Å². The fraction of sp³-hybridized carbons (Fsp3) is 0.625. The van der Waals surface area contributed by atoms with Gasteiger partial charge in [0.1, 0.15) is 0 Å². The zero-order chi connectivity index (χ0) is 13.0. The lowest BCUT2D eigenvalue weighted by Crippen LogP contribution is -2.31. The molecule has 0 radical (unpaired) electrons. The molecule has 0 bridgehead atoms. The van der Waals surface area contributed by atoms with Gasteiger partial charge in [-0.05, 0) is 62.6 Å². The molecule has 0 aliphatic carbocycles. The summed E-state index contributed by atoms with van der Waals surface area (Å²) >= 11 is 0. The van der Waals surface area contributed by atoms with Crippen molar-refractivity contribution < 1.29 is 4.74 Å². The lowest BCUT2D eigenvalue weighted by Gasteiger charge is -2.25. The van der Waals surface area contributed by atoms with Crippen LogP contribution in [0.4, 0.5) is 0 Å². The van der Waals surface area contributed by atoms with Crippen molar-refractivity contribution in [2.24, 2.45) is 5.73 Å². The maximum Gasteiger partial charge on any atom is 0.0590 e. The second kappa shape index (κ2) is 6.35. The van der Waals surface area contributed by atoms with Crippen molar-refractivity contribution in [3.05, 3.63) is 34.9 Å². The second-order valence-electron chi connectivity index (χ2n) is 5.56. The number of hydrogen-bond acceptors (Lipinski definition) is 2. The summed E-state index contributed by atoms with van der Waals surface area (Å²) in [7, 11) is 0. The minimum Gasteiger partial charge on any atom is -0.378 e. The maximum atomic E-state index is 6.29. The van der Waals surface area contributed by atoms with E-state index in [0.29, 0.717) is 6.10 Å². The molecule has 2 heteroatoms. The van der Waals surface area contributed by atoms with E-state index in [1.165, 1.54) is 36.0 Å². The predicted molar refractivity (Wildman–Crippen MR) is 75.8 cm³/mol. The highest BCUT2D eigenvalue weighted by Gasteiger charge is 2.18. The first-order valence-electron chi connectivity index (χ1n) is 7.09. The summed E-state index contributed by atoms with van der Waals surface area (Å²) < 4.78 is 5.77. The maximum absolute atomic E-state index is 6.29. The summed E-state index contributed by atoms with van der Waals surface area (Å²) in [6, 6.07) is 6.68. The average Bonchev–Trinajstić information content (AvgIpc) is 2.35. The highest BCUT2D eigenvalue weighted by atomic mass is 16.5. The van der Waals surface area contributed by atoms with Crippen molar-refractivity contribution in [2.45, 2.75) is 58.1 Å². The van der Waals surface area contributed by atoms with Gasteiger partial charge in [-0.3, -0.25) is 0 Å². The minimum absolute atomic E-state index is 0.216. The van der Waals surface area contributed by atoms with Crippen molar-refractivity contribution in [1.29, 1.82) is 0 Å². The third-order valence-corrected chi connectivity index (χ3v) is 3.95. The number of rotatable bonds is 4. The molecule has 2 atom stereocenters. The summed E-state index contributed by atoms with van der Waals surface area (Å²) in [4.78, 5) is 0. The van der Waals surface area contributed by atoms with E-state index in [2.05, 4.69) is 32.0 Å². The van der Waals surface area contributed by atoms with E-state index in [4.69, 9.17) is 10.5 Å². The van der Waals surface area contributed by atoms with Crippen LogP contribution < -0.4 is 5.73 Å².